The highest BCUT2D eigenvalue weighted by Crippen LogP contribution is 2.50. The van der Waals surface area contributed by atoms with E-state index in [1.807, 2.05) is 23.6 Å². The lowest BCUT2D eigenvalue weighted by Gasteiger charge is -2.51. The summed E-state index contributed by atoms with van der Waals surface area (Å²) in [5.41, 5.74) is 2.47. The zero-order valence-electron chi connectivity index (χ0n) is 25.3. The van der Waals surface area contributed by atoms with E-state index in [4.69, 9.17) is 17.7 Å². The largest absolute Gasteiger partial charge is 0.414 e. The molecule has 2 saturated heterocycles. The molecule has 0 saturated carbocycles. The van der Waals surface area contributed by atoms with E-state index >= 15 is 0 Å². The highest BCUT2D eigenvalue weighted by atomic mass is 32.1. The first-order chi connectivity index (χ1) is 19.5. The summed E-state index contributed by atoms with van der Waals surface area (Å²) in [6, 6.07) is 9.14. The summed E-state index contributed by atoms with van der Waals surface area (Å²) >= 11 is 1.59. The molecule has 2 aliphatic rings. The zero-order valence-corrected chi connectivity index (χ0v) is 28.2. The Kier molecular flexibility index (Phi) is 8.87. The Morgan fingerprint density at radius 1 is 0.927 bits per heavy atom. The number of benzene rings is 1. The van der Waals surface area contributed by atoms with Gasteiger partial charge < -0.3 is 23.0 Å². The minimum Gasteiger partial charge on any atom is -0.414 e. The Bertz CT molecular complexity index is 1350. The van der Waals surface area contributed by atoms with Gasteiger partial charge in [-0.15, -0.1) is 11.3 Å². The van der Waals surface area contributed by atoms with E-state index in [0.717, 1.165) is 15.8 Å². The number of carbonyl (C=O) groups is 1. The number of hydrogen-bond acceptors (Lipinski definition) is 8. The molecule has 3 aromatic rings. The second kappa shape index (κ2) is 11.9. The molecule has 1 N–H and O–H groups in total. The van der Waals surface area contributed by atoms with Gasteiger partial charge >= 0.3 is 17.1 Å². The summed E-state index contributed by atoms with van der Waals surface area (Å²) in [6.45, 7) is 18.3. The molecule has 4 heterocycles. The van der Waals surface area contributed by atoms with Crippen LogP contribution in [0.3, 0.4) is 0 Å². The second-order valence-electron chi connectivity index (χ2n) is 12.4. The molecule has 11 heteroatoms. The minimum atomic E-state index is -2.71. The van der Waals surface area contributed by atoms with E-state index in [0.29, 0.717) is 24.4 Å². The van der Waals surface area contributed by atoms with Crippen LogP contribution in [-0.2, 0) is 17.7 Å². The summed E-state index contributed by atoms with van der Waals surface area (Å²) in [7, 11) is -5.33. The van der Waals surface area contributed by atoms with Crippen molar-refractivity contribution in [2.75, 3.05) is 11.9 Å². The molecule has 3 atom stereocenters. The van der Waals surface area contributed by atoms with E-state index < -0.39 is 17.1 Å². The lowest BCUT2D eigenvalue weighted by atomic mass is 10.1. The van der Waals surface area contributed by atoms with E-state index in [1.54, 1.807) is 23.5 Å². The third-order valence-electron chi connectivity index (χ3n) is 8.53. The third-order valence-corrected chi connectivity index (χ3v) is 19.9. The van der Waals surface area contributed by atoms with Crippen LogP contribution in [0.15, 0.2) is 42.0 Å². The summed E-state index contributed by atoms with van der Waals surface area (Å²) in [6.07, 6.45) is 1.70. The lowest BCUT2D eigenvalue weighted by Crippen LogP contribution is -2.65. The number of nitrogens with one attached hydrogen (secondary N) is 1. The highest BCUT2D eigenvalue weighted by Gasteiger charge is 2.60. The van der Waals surface area contributed by atoms with Crippen LogP contribution in [0.25, 0.3) is 10.9 Å². The average molecular weight is 614 g/mol. The number of nitrogens with zero attached hydrogens (tertiary/aromatic N) is 2. The van der Waals surface area contributed by atoms with Gasteiger partial charge in [0.05, 0.1) is 34.6 Å². The number of amides is 1. The molecule has 0 unspecified atom stereocenters. The molecule has 2 fully saturated rings. The molecular formula is C30H43N3O5SSi2. The van der Waals surface area contributed by atoms with Gasteiger partial charge in [-0.05, 0) is 34.3 Å². The summed E-state index contributed by atoms with van der Waals surface area (Å²) in [5, 5.41) is 5.78. The Balaban J connectivity index is 1.45. The van der Waals surface area contributed by atoms with Crippen molar-refractivity contribution in [1.82, 2.24) is 9.97 Å². The Morgan fingerprint density at radius 3 is 2.22 bits per heavy atom. The molecule has 1 aromatic carbocycles. The number of fused-ring (bicyclic) bond motifs is 2. The van der Waals surface area contributed by atoms with Gasteiger partial charge in [-0.3, -0.25) is 4.79 Å². The molecule has 0 aliphatic carbocycles. The first-order valence-corrected chi connectivity index (χ1v) is 19.6. The maximum Gasteiger partial charge on any atom is 0.335 e. The van der Waals surface area contributed by atoms with Gasteiger partial charge in [0, 0.05) is 17.4 Å². The normalized spacial score (nSPS) is 24.1. The SMILES string of the molecule is CC(C)[Si]1(C(C)C)OC[C@H]2O[C@@H](c3scc4c(NC(=O)c5ccccc5)ncnc34)C[C@@H]2O[Si](C(C)C)(C(C)C)O1. The Labute approximate surface area is 249 Å². The molecule has 1 amide bonds. The zero-order chi connectivity index (χ0) is 29.5. The monoisotopic (exact) mass is 613 g/mol. The first-order valence-electron chi connectivity index (χ1n) is 14.7. The standard InChI is InChI=1S/C30H43N3O5SSi2/c1-18(2)40(19(3)4)35-15-26-24(37-41(38-40,20(5)6)21(7)8)14-25(36-26)28-27-23(16-39-28)29(32-17-31-27)33-30(34)22-12-10-9-11-13-22/h9-13,16-21,24-26H,14-15H2,1-8H3,(H,31,32,33,34)/t24-,25+,26+/m0/s1. The van der Waals surface area contributed by atoms with Crippen LogP contribution >= 0.6 is 11.3 Å². The molecule has 222 valence electrons. The molecule has 2 aromatic heterocycles. The van der Waals surface area contributed by atoms with Crippen molar-refractivity contribution >= 4 is 51.1 Å². The van der Waals surface area contributed by atoms with Gasteiger partial charge in [-0.25, -0.2) is 9.97 Å². The van der Waals surface area contributed by atoms with Crippen molar-refractivity contribution in [2.24, 2.45) is 0 Å². The Morgan fingerprint density at radius 2 is 1.59 bits per heavy atom. The predicted octanol–water partition coefficient (Wildman–Crippen LogP) is 7.73. The van der Waals surface area contributed by atoms with Crippen LogP contribution in [0.2, 0.25) is 22.2 Å². The number of aromatic nitrogens is 2. The maximum atomic E-state index is 12.8. The number of hydrogen-bond donors (Lipinski definition) is 1. The molecule has 5 rings (SSSR count). The Hall–Kier alpha value is -2.00. The van der Waals surface area contributed by atoms with Crippen LogP contribution < -0.4 is 5.32 Å². The van der Waals surface area contributed by atoms with Gasteiger partial charge in [-0.2, -0.15) is 0 Å². The van der Waals surface area contributed by atoms with Crippen LogP contribution in [0.5, 0.6) is 0 Å². The van der Waals surface area contributed by atoms with Gasteiger partial charge in [-0.1, -0.05) is 73.6 Å². The third kappa shape index (κ3) is 5.57. The number of carbonyl (C=O) groups excluding carboxylic acids is 1. The summed E-state index contributed by atoms with van der Waals surface area (Å²) in [5.74, 6) is 0.296. The predicted molar refractivity (Wildman–Crippen MR) is 168 cm³/mol. The quantitative estimate of drug-likeness (QED) is 0.273. The van der Waals surface area contributed by atoms with E-state index in [2.05, 4.69) is 70.7 Å². The maximum absolute atomic E-state index is 12.8. The van der Waals surface area contributed by atoms with Gasteiger partial charge in [0.1, 0.15) is 18.2 Å². The van der Waals surface area contributed by atoms with Crippen molar-refractivity contribution in [2.45, 2.75) is 102 Å². The number of rotatable bonds is 7. The molecule has 2 aliphatic heterocycles. The van der Waals surface area contributed by atoms with E-state index in [-0.39, 0.29) is 46.4 Å². The van der Waals surface area contributed by atoms with Crippen molar-refractivity contribution < 1.29 is 22.5 Å². The first kappa shape index (κ1) is 30.5. The van der Waals surface area contributed by atoms with Crippen LogP contribution in [-0.4, -0.2) is 51.8 Å². The van der Waals surface area contributed by atoms with E-state index in [1.165, 1.54) is 6.33 Å². The van der Waals surface area contributed by atoms with E-state index in [9.17, 15) is 4.79 Å². The molecule has 8 nitrogen and oxygen atoms in total. The second-order valence-corrected chi connectivity index (χ2v) is 22.2. The molecule has 0 spiro atoms. The summed E-state index contributed by atoms with van der Waals surface area (Å²) in [4.78, 5) is 22.9. The average Bonchev–Trinajstić information content (AvgIpc) is 3.53. The van der Waals surface area contributed by atoms with Crippen molar-refractivity contribution in [3.05, 3.63) is 52.5 Å². The molecule has 41 heavy (non-hydrogen) atoms. The fourth-order valence-electron chi connectivity index (χ4n) is 6.30. The van der Waals surface area contributed by atoms with Crippen molar-refractivity contribution in [3.63, 3.8) is 0 Å². The van der Waals surface area contributed by atoms with Crippen LogP contribution in [0, 0.1) is 0 Å². The van der Waals surface area contributed by atoms with Crippen LogP contribution in [0.1, 0.15) is 83.1 Å². The fourth-order valence-corrected chi connectivity index (χ4v) is 18.6. The number of thiophene rings is 1. The van der Waals surface area contributed by atoms with Crippen LogP contribution in [0.4, 0.5) is 5.82 Å². The molecule has 0 radical (unpaired) electrons. The topological polar surface area (TPSA) is 91.8 Å². The highest BCUT2D eigenvalue weighted by molar-refractivity contribution is 7.11. The summed E-state index contributed by atoms with van der Waals surface area (Å²) < 4.78 is 28.2. The minimum absolute atomic E-state index is 0.126. The van der Waals surface area contributed by atoms with Gasteiger partial charge in [0.25, 0.3) is 5.91 Å². The smallest absolute Gasteiger partial charge is 0.335 e. The van der Waals surface area contributed by atoms with Crippen molar-refractivity contribution in [1.29, 1.82) is 0 Å². The fraction of sp³-hybridized carbons (Fsp3) is 0.567. The molecule has 0 bridgehead atoms. The number of anilines is 1. The number of ether oxygens (including phenoxy) is 1. The molecular weight excluding hydrogens is 571 g/mol. The lowest BCUT2D eigenvalue weighted by molar-refractivity contribution is -0.0377. The van der Waals surface area contributed by atoms with Gasteiger partial charge in [0.2, 0.25) is 0 Å². The van der Waals surface area contributed by atoms with Crippen molar-refractivity contribution in [3.8, 4) is 0 Å². The van der Waals surface area contributed by atoms with Gasteiger partial charge in [0.15, 0.2) is 0 Å².